The molecule has 0 unspecified atom stereocenters. The Balaban J connectivity index is 1.86. The maximum absolute atomic E-state index is 12.2. The molecule has 3 aromatic rings. The second-order valence-corrected chi connectivity index (χ2v) is 6.29. The molecule has 0 fully saturated rings. The summed E-state index contributed by atoms with van der Waals surface area (Å²) in [6.07, 6.45) is 0.674. The minimum absolute atomic E-state index is 0.190. The largest absolute Gasteiger partial charge is 0.484 e. The van der Waals surface area contributed by atoms with E-state index in [0.717, 1.165) is 10.9 Å². The van der Waals surface area contributed by atoms with Crippen LogP contribution in [0.15, 0.2) is 51.7 Å². The van der Waals surface area contributed by atoms with Crippen LogP contribution in [-0.2, 0) is 6.42 Å². The lowest BCUT2D eigenvalue weighted by Gasteiger charge is -2.10. The van der Waals surface area contributed by atoms with Crippen LogP contribution in [0.2, 0.25) is 10.0 Å². The van der Waals surface area contributed by atoms with Crippen LogP contribution in [0.1, 0.15) is 22.8 Å². The topological polar surface area (TPSA) is 56.5 Å². The van der Waals surface area contributed by atoms with Crippen LogP contribution in [0.3, 0.4) is 0 Å². The van der Waals surface area contributed by atoms with Crippen molar-refractivity contribution in [3.63, 3.8) is 0 Å². The first-order valence-electron chi connectivity index (χ1n) is 7.65. The summed E-state index contributed by atoms with van der Waals surface area (Å²) in [7, 11) is 0. The monoisotopic (exact) mass is 376 g/mol. The van der Waals surface area contributed by atoms with E-state index in [0.29, 0.717) is 27.6 Å². The Labute approximate surface area is 153 Å². The number of halogens is 2. The highest BCUT2D eigenvalue weighted by molar-refractivity contribution is 6.33. The van der Waals surface area contributed by atoms with Gasteiger partial charge in [-0.25, -0.2) is 4.79 Å². The van der Waals surface area contributed by atoms with Gasteiger partial charge < -0.3 is 9.15 Å². The summed E-state index contributed by atoms with van der Waals surface area (Å²) in [5, 5.41) is 1.65. The molecule has 0 saturated heterocycles. The van der Waals surface area contributed by atoms with Gasteiger partial charge in [0.2, 0.25) is 0 Å². The van der Waals surface area contributed by atoms with Crippen LogP contribution in [0.25, 0.3) is 11.0 Å². The number of fused-ring (bicyclic) bond motifs is 1. The molecule has 0 radical (unpaired) electrons. The number of benzene rings is 2. The van der Waals surface area contributed by atoms with Gasteiger partial charge in [0.15, 0.2) is 12.4 Å². The minimum atomic E-state index is -0.435. The third kappa shape index (κ3) is 3.86. The number of carbonyl (C=O) groups excluding carboxylic acids is 1. The first-order chi connectivity index (χ1) is 12.0. The van der Waals surface area contributed by atoms with Crippen molar-refractivity contribution in [1.29, 1.82) is 0 Å². The quantitative estimate of drug-likeness (QED) is 0.468. The van der Waals surface area contributed by atoms with Crippen molar-refractivity contribution in [2.24, 2.45) is 0 Å². The Morgan fingerprint density at radius 3 is 2.52 bits per heavy atom. The van der Waals surface area contributed by atoms with Gasteiger partial charge >= 0.3 is 5.63 Å². The number of rotatable bonds is 5. The molecule has 0 atom stereocenters. The normalized spacial score (nSPS) is 10.8. The number of ketones is 1. The van der Waals surface area contributed by atoms with E-state index in [2.05, 4.69) is 0 Å². The third-order valence-electron chi connectivity index (χ3n) is 3.79. The van der Waals surface area contributed by atoms with Crippen LogP contribution >= 0.6 is 23.2 Å². The summed E-state index contributed by atoms with van der Waals surface area (Å²) < 4.78 is 10.7. The standard InChI is InChI=1S/C19H14Cl2O4/c1-2-11-7-19(23)25-17-9-18(15(21)8-14(11)17)24-10-16(22)12-3-5-13(20)6-4-12/h3-9H,2,10H2,1H3. The smallest absolute Gasteiger partial charge is 0.336 e. The van der Waals surface area contributed by atoms with Gasteiger partial charge in [0.1, 0.15) is 11.3 Å². The summed E-state index contributed by atoms with van der Waals surface area (Å²) in [6.45, 7) is 1.75. The first-order valence-corrected chi connectivity index (χ1v) is 8.41. The molecule has 0 aliphatic rings. The zero-order valence-corrected chi connectivity index (χ0v) is 14.9. The Bertz CT molecular complexity index is 991. The molecule has 0 bridgehead atoms. The molecule has 0 aliphatic heterocycles. The van der Waals surface area contributed by atoms with Crippen molar-refractivity contribution < 1.29 is 13.9 Å². The van der Waals surface area contributed by atoms with Crippen LogP contribution in [0, 0.1) is 0 Å². The van der Waals surface area contributed by atoms with E-state index in [-0.39, 0.29) is 18.1 Å². The number of hydrogen-bond donors (Lipinski definition) is 0. The van der Waals surface area contributed by atoms with Crippen LogP contribution in [0.4, 0.5) is 0 Å². The number of aryl methyl sites for hydroxylation is 1. The Morgan fingerprint density at radius 2 is 1.84 bits per heavy atom. The molecule has 0 aliphatic carbocycles. The van der Waals surface area contributed by atoms with Gasteiger partial charge in [-0.05, 0) is 42.3 Å². The Kier molecular flexibility index (Phi) is 5.11. The minimum Gasteiger partial charge on any atom is -0.484 e. The summed E-state index contributed by atoms with van der Waals surface area (Å²) in [4.78, 5) is 23.8. The summed E-state index contributed by atoms with van der Waals surface area (Å²) in [5.41, 5.74) is 1.27. The molecule has 3 rings (SSSR count). The fraction of sp³-hybridized carbons (Fsp3) is 0.158. The first kappa shape index (κ1) is 17.5. The van der Waals surface area contributed by atoms with Gasteiger partial charge in [-0.3, -0.25) is 4.79 Å². The maximum atomic E-state index is 12.2. The van der Waals surface area contributed by atoms with Crippen molar-refractivity contribution >= 4 is 40.0 Å². The van der Waals surface area contributed by atoms with E-state index in [1.165, 1.54) is 12.1 Å². The predicted octanol–water partition coefficient (Wildman–Crippen LogP) is 4.92. The van der Waals surface area contributed by atoms with E-state index < -0.39 is 5.63 Å². The van der Waals surface area contributed by atoms with E-state index in [1.54, 1.807) is 30.3 Å². The molecule has 0 spiro atoms. The highest BCUT2D eigenvalue weighted by atomic mass is 35.5. The SMILES string of the molecule is CCc1cc(=O)oc2cc(OCC(=O)c3ccc(Cl)cc3)c(Cl)cc12. The lowest BCUT2D eigenvalue weighted by Crippen LogP contribution is -2.11. The third-order valence-corrected chi connectivity index (χ3v) is 4.34. The van der Waals surface area contributed by atoms with Gasteiger partial charge in [0.25, 0.3) is 0 Å². The predicted molar refractivity (Wildman–Crippen MR) is 98.1 cm³/mol. The fourth-order valence-electron chi connectivity index (χ4n) is 2.49. The average Bonchev–Trinajstić information content (AvgIpc) is 2.60. The van der Waals surface area contributed by atoms with Crippen molar-refractivity contribution in [2.75, 3.05) is 6.61 Å². The van der Waals surface area contributed by atoms with E-state index in [9.17, 15) is 9.59 Å². The lowest BCUT2D eigenvalue weighted by atomic mass is 10.1. The number of Topliss-reactive ketones (excluding diaryl/α,β-unsaturated/α-hetero) is 1. The van der Waals surface area contributed by atoms with Crippen molar-refractivity contribution in [3.8, 4) is 5.75 Å². The average molecular weight is 377 g/mol. The van der Waals surface area contributed by atoms with Crippen molar-refractivity contribution in [2.45, 2.75) is 13.3 Å². The van der Waals surface area contributed by atoms with E-state index in [4.69, 9.17) is 32.4 Å². The van der Waals surface area contributed by atoms with E-state index >= 15 is 0 Å². The van der Waals surface area contributed by atoms with Crippen LogP contribution in [0.5, 0.6) is 5.75 Å². The molecular weight excluding hydrogens is 363 g/mol. The summed E-state index contributed by atoms with van der Waals surface area (Å²) >= 11 is 12.1. The number of hydrogen-bond acceptors (Lipinski definition) is 4. The van der Waals surface area contributed by atoms with Crippen molar-refractivity contribution in [3.05, 3.63) is 74.1 Å². The molecule has 6 heteroatoms. The molecule has 1 aromatic heterocycles. The lowest BCUT2D eigenvalue weighted by molar-refractivity contribution is 0.0921. The van der Waals surface area contributed by atoms with Gasteiger partial charge in [-0.2, -0.15) is 0 Å². The summed E-state index contributed by atoms with van der Waals surface area (Å²) in [6, 6.07) is 11.2. The number of carbonyl (C=O) groups is 1. The van der Waals surface area contributed by atoms with Gasteiger partial charge in [0, 0.05) is 28.1 Å². The Morgan fingerprint density at radius 1 is 1.12 bits per heavy atom. The van der Waals surface area contributed by atoms with Gasteiger partial charge in [-0.15, -0.1) is 0 Å². The second-order valence-electron chi connectivity index (χ2n) is 5.44. The molecule has 2 aromatic carbocycles. The molecule has 0 saturated carbocycles. The molecule has 0 N–H and O–H groups in total. The molecular formula is C19H14Cl2O4. The second kappa shape index (κ2) is 7.30. The zero-order chi connectivity index (χ0) is 18.0. The Hall–Kier alpha value is -2.30. The summed E-state index contributed by atoms with van der Waals surface area (Å²) in [5.74, 6) is 0.0736. The van der Waals surface area contributed by atoms with Crippen molar-refractivity contribution in [1.82, 2.24) is 0 Å². The zero-order valence-electron chi connectivity index (χ0n) is 13.3. The fourth-order valence-corrected chi connectivity index (χ4v) is 2.84. The molecule has 4 nitrogen and oxygen atoms in total. The molecule has 25 heavy (non-hydrogen) atoms. The molecule has 128 valence electrons. The van der Waals surface area contributed by atoms with E-state index in [1.807, 2.05) is 6.92 Å². The number of ether oxygens (including phenoxy) is 1. The van der Waals surface area contributed by atoms with Crippen LogP contribution < -0.4 is 10.4 Å². The van der Waals surface area contributed by atoms with Gasteiger partial charge in [0.05, 0.1) is 5.02 Å². The highest BCUT2D eigenvalue weighted by Crippen LogP contribution is 2.31. The van der Waals surface area contributed by atoms with Crippen LogP contribution in [-0.4, -0.2) is 12.4 Å². The highest BCUT2D eigenvalue weighted by Gasteiger charge is 2.12. The maximum Gasteiger partial charge on any atom is 0.336 e. The molecule has 0 amide bonds. The van der Waals surface area contributed by atoms with Gasteiger partial charge in [-0.1, -0.05) is 30.1 Å². The molecule has 1 heterocycles.